The van der Waals surface area contributed by atoms with Gasteiger partial charge in [0.2, 0.25) is 0 Å². The van der Waals surface area contributed by atoms with Gasteiger partial charge in [-0.2, -0.15) is 0 Å². The number of carboxylic acids is 1. The number of unbranched alkanes of at least 4 members (excludes halogenated alkanes) is 1. The number of pyridine rings is 1. The molecule has 0 aliphatic rings. The molecule has 3 heteroatoms. The molecule has 1 aromatic heterocycles. The zero-order valence-corrected chi connectivity index (χ0v) is 8.65. The smallest absolute Gasteiger partial charge is 0.330 e. The number of aliphatic carboxylic acids is 1. The highest BCUT2D eigenvalue weighted by Gasteiger charge is 2.02. The second kappa shape index (κ2) is 5.96. The molecule has 0 bridgehead atoms. The topological polar surface area (TPSA) is 50.2 Å². The number of hydrogen-bond donors (Lipinski definition) is 1. The Labute approximate surface area is 89.5 Å². The number of aromatic nitrogens is 1. The molecular weight excluding hydrogens is 190 g/mol. The van der Waals surface area contributed by atoms with Crippen molar-refractivity contribution < 1.29 is 9.90 Å². The Morgan fingerprint density at radius 3 is 2.87 bits per heavy atom. The largest absolute Gasteiger partial charge is 0.478 e. The van der Waals surface area contributed by atoms with Gasteiger partial charge in [-0.1, -0.05) is 12.6 Å². The Hall–Kier alpha value is -1.64. The first-order valence-corrected chi connectivity index (χ1v) is 5.00. The molecule has 0 amide bonds. The summed E-state index contributed by atoms with van der Waals surface area (Å²) in [6.07, 6.45) is 6.93. The lowest BCUT2D eigenvalue weighted by Gasteiger charge is -2.01. The van der Waals surface area contributed by atoms with Crippen molar-refractivity contribution in [1.82, 2.24) is 4.98 Å². The van der Waals surface area contributed by atoms with Crippen LogP contribution in [-0.2, 0) is 11.2 Å². The highest BCUT2D eigenvalue weighted by atomic mass is 16.4. The van der Waals surface area contributed by atoms with E-state index in [1.165, 1.54) is 5.56 Å². The number of aryl methyl sites for hydroxylation is 1. The fraction of sp³-hybridized carbons (Fsp3) is 0.333. The third kappa shape index (κ3) is 4.40. The molecule has 0 aliphatic carbocycles. The summed E-state index contributed by atoms with van der Waals surface area (Å²) in [6.45, 7) is 3.49. The van der Waals surface area contributed by atoms with Gasteiger partial charge < -0.3 is 5.11 Å². The van der Waals surface area contributed by atoms with Gasteiger partial charge in [0.15, 0.2) is 0 Å². The summed E-state index contributed by atoms with van der Waals surface area (Å²) < 4.78 is 0. The fourth-order valence-electron chi connectivity index (χ4n) is 1.32. The van der Waals surface area contributed by atoms with Crippen molar-refractivity contribution in [2.24, 2.45) is 0 Å². The van der Waals surface area contributed by atoms with Crippen LogP contribution in [0.4, 0.5) is 0 Å². The predicted octanol–water partition coefficient (Wildman–Crippen LogP) is 2.44. The molecule has 0 unspecified atom stereocenters. The molecule has 0 atom stereocenters. The van der Waals surface area contributed by atoms with Crippen LogP contribution in [-0.4, -0.2) is 16.1 Å². The molecule has 1 aromatic rings. The van der Waals surface area contributed by atoms with Gasteiger partial charge in [-0.05, 0) is 37.3 Å². The molecule has 1 N–H and O–H groups in total. The van der Waals surface area contributed by atoms with Gasteiger partial charge in [-0.25, -0.2) is 4.79 Å². The summed E-state index contributed by atoms with van der Waals surface area (Å²) in [6, 6.07) is 3.94. The zero-order chi connectivity index (χ0) is 11.1. The molecule has 0 radical (unpaired) electrons. The summed E-state index contributed by atoms with van der Waals surface area (Å²) in [5.41, 5.74) is 1.49. The van der Waals surface area contributed by atoms with Crippen molar-refractivity contribution in [3.8, 4) is 0 Å². The molecule has 80 valence electrons. The maximum Gasteiger partial charge on any atom is 0.330 e. The van der Waals surface area contributed by atoms with E-state index in [1.807, 2.05) is 18.3 Å². The standard InChI is InChI=1S/C12H15NO2/c1-10(12(14)15)5-2-3-6-11-7-4-8-13-9-11/h4,7-9H,1-3,5-6H2,(H,14,15). The molecular formula is C12H15NO2. The molecule has 15 heavy (non-hydrogen) atoms. The number of hydrogen-bond acceptors (Lipinski definition) is 2. The monoisotopic (exact) mass is 205 g/mol. The molecule has 0 aliphatic heterocycles. The SMILES string of the molecule is C=C(CCCCc1cccnc1)C(=O)O. The maximum absolute atomic E-state index is 10.5. The number of rotatable bonds is 6. The van der Waals surface area contributed by atoms with Gasteiger partial charge in [-0.15, -0.1) is 0 Å². The van der Waals surface area contributed by atoms with Crippen LogP contribution < -0.4 is 0 Å². The molecule has 3 nitrogen and oxygen atoms in total. The van der Waals surface area contributed by atoms with Crippen LogP contribution in [0.3, 0.4) is 0 Å². The summed E-state index contributed by atoms with van der Waals surface area (Å²) in [7, 11) is 0. The quantitative estimate of drug-likeness (QED) is 0.573. The molecule has 0 saturated carbocycles. The molecule has 1 rings (SSSR count). The zero-order valence-electron chi connectivity index (χ0n) is 8.65. The molecule has 0 aromatic carbocycles. The van der Waals surface area contributed by atoms with Crippen molar-refractivity contribution in [3.05, 3.63) is 42.2 Å². The van der Waals surface area contributed by atoms with E-state index in [0.29, 0.717) is 12.0 Å². The minimum absolute atomic E-state index is 0.293. The van der Waals surface area contributed by atoms with E-state index in [4.69, 9.17) is 5.11 Å². The number of nitrogens with zero attached hydrogens (tertiary/aromatic N) is 1. The molecule has 0 saturated heterocycles. The van der Waals surface area contributed by atoms with Crippen molar-refractivity contribution in [2.75, 3.05) is 0 Å². The first-order valence-electron chi connectivity index (χ1n) is 5.00. The number of carbonyl (C=O) groups is 1. The van der Waals surface area contributed by atoms with Gasteiger partial charge in [0.1, 0.15) is 0 Å². The lowest BCUT2D eigenvalue weighted by molar-refractivity contribution is -0.132. The Morgan fingerprint density at radius 1 is 1.47 bits per heavy atom. The minimum atomic E-state index is -0.892. The highest BCUT2D eigenvalue weighted by molar-refractivity contribution is 5.85. The predicted molar refractivity (Wildman–Crippen MR) is 58.6 cm³/mol. The fourth-order valence-corrected chi connectivity index (χ4v) is 1.32. The first-order chi connectivity index (χ1) is 7.20. The van der Waals surface area contributed by atoms with Gasteiger partial charge in [0.25, 0.3) is 0 Å². The average molecular weight is 205 g/mol. The molecule has 1 heterocycles. The van der Waals surface area contributed by atoms with Crippen LogP contribution in [0.1, 0.15) is 24.8 Å². The van der Waals surface area contributed by atoms with E-state index in [9.17, 15) is 4.79 Å². The average Bonchev–Trinajstić information content (AvgIpc) is 2.25. The van der Waals surface area contributed by atoms with Gasteiger partial charge in [0.05, 0.1) is 0 Å². The molecule has 0 fully saturated rings. The Kier molecular flexibility index (Phi) is 4.54. The van der Waals surface area contributed by atoms with Crippen molar-refractivity contribution in [3.63, 3.8) is 0 Å². The van der Waals surface area contributed by atoms with E-state index in [0.717, 1.165) is 19.3 Å². The van der Waals surface area contributed by atoms with E-state index >= 15 is 0 Å². The van der Waals surface area contributed by atoms with E-state index in [2.05, 4.69) is 11.6 Å². The summed E-state index contributed by atoms with van der Waals surface area (Å²) in [5, 5.41) is 8.59. The highest BCUT2D eigenvalue weighted by Crippen LogP contribution is 2.09. The van der Waals surface area contributed by atoms with Crippen LogP contribution in [0.25, 0.3) is 0 Å². The molecule has 0 spiro atoms. The third-order valence-electron chi connectivity index (χ3n) is 2.22. The second-order valence-electron chi connectivity index (χ2n) is 3.48. The van der Waals surface area contributed by atoms with E-state index < -0.39 is 5.97 Å². The summed E-state index contributed by atoms with van der Waals surface area (Å²) in [5.74, 6) is -0.892. The lowest BCUT2D eigenvalue weighted by atomic mass is 10.1. The van der Waals surface area contributed by atoms with Crippen molar-refractivity contribution >= 4 is 5.97 Å². The van der Waals surface area contributed by atoms with E-state index in [1.54, 1.807) is 6.20 Å². The normalized spacial score (nSPS) is 9.87. The van der Waals surface area contributed by atoms with Crippen LogP contribution in [0.15, 0.2) is 36.7 Å². The lowest BCUT2D eigenvalue weighted by Crippen LogP contribution is -1.98. The summed E-state index contributed by atoms with van der Waals surface area (Å²) in [4.78, 5) is 14.5. The van der Waals surface area contributed by atoms with Crippen LogP contribution in [0, 0.1) is 0 Å². The Balaban J connectivity index is 2.18. The third-order valence-corrected chi connectivity index (χ3v) is 2.22. The number of carboxylic acid groups (broad SMARTS) is 1. The van der Waals surface area contributed by atoms with Crippen LogP contribution in [0.2, 0.25) is 0 Å². The summed E-state index contributed by atoms with van der Waals surface area (Å²) >= 11 is 0. The van der Waals surface area contributed by atoms with Crippen molar-refractivity contribution in [2.45, 2.75) is 25.7 Å². The second-order valence-corrected chi connectivity index (χ2v) is 3.48. The van der Waals surface area contributed by atoms with E-state index in [-0.39, 0.29) is 0 Å². The van der Waals surface area contributed by atoms with Gasteiger partial charge in [-0.3, -0.25) is 4.98 Å². The first kappa shape index (κ1) is 11.4. The minimum Gasteiger partial charge on any atom is -0.478 e. The van der Waals surface area contributed by atoms with Crippen LogP contribution >= 0.6 is 0 Å². The van der Waals surface area contributed by atoms with Crippen molar-refractivity contribution in [1.29, 1.82) is 0 Å². The van der Waals surface area contributed by atoms with Gasteiger partial charge >= 0.3 is 5.97 Å². The van der Waals surface area contributed by atoms with Crippen LogP contribution in [0.5, 0.6) is 0 Å². The maximum atomic E-state index is 10.5. The Bertz CT molecular complexity index is 333. The Morgan fingerprint density at radius 2 is 2.27 bits per heavy atom. The van der Waals surface area contributed by atoms with Gasteiger partial charge in [0, 0.05) is 18.0 Å².